The summed E-state index contributed by atoms with van der Waals surface area (Å²) in [4.78, 5) is 36.9. The Hall–Kier alpha value is -1.54. The van der Waals surface area contributed by atoms with Crippen molar-refractivity contribution >= 4 is 51.2 Å². The topological polar surface area (TPSA) is 78.5 Å². The van der Waals surface area contributed by atoms with Crippen molar-refractivity contribution in [2.45, 2.75) is 12.5 Å². The number of carbonyl (C=O) groups is 3. The third kappa shape index (κ3) is 4.23. The Labute approximate surface area is 141 Å². The molecule has 0 aliphatic carbocycles. The maximum absolute atomic E-state index is 12.1. The number of nitrogens with zero attached hydrogens (tertiary/aromatic N) is 1. The molecule has 2 N–H and O–H groups in total. The molecular weight excluding hydrogens is 370 g/mol. The lowest BCUT2D eigenvalue weighted by Crippen LogP contribution is -2.38. The van der Waals surface area contributed by atoms with Gasteiger partial charge < -0.3 is 10.6 Å². The number of urea groups is 1. The molecule has 4 amide bonds. The summed E-state index contributed by atoms with van der Waals surface area (Å²) in [6, 6.07) is 6.05. The molecule has 0 unspecified atom stereocenters. The molecule has 0 saturated carbocycles. The Morgan fingerprint density at radius 1 is 1.45 bits per heavy atom. The molecule has 1 atom stereocenters. The summed E-state index contributed by atoms with van der Waals surface area (Å²) in [5.41, 5.74) is 0.602. The lowest BCUT2D eigenvalue weighted by molar-refractivity contribution is -0.130. The van der Waals surface area contributed by atoms with Crippen LogP contribution in [0.4, 0.5) is 10.5 Å². The Kier molecular flexibility index (Phi) is 5.84. The van der Waals surface area contributed by atoms with Crippen molar-refractivity contribution in [1.29, 1.82) is 0 Å². The smallest absolute Gasteiger partial charge is 0.325 e. The number of imide groups is 1. The van der Waals surface area contributed by atoms with E-state index in [1.807, 2.05) is 12.3 Å². The van der Waals surface area contributed by atoms with Gasteiger partial charge in [-0.3, -0.25) is 14.5 Å². The number of anilines is 1. The highest BCUT2D eigenvalue weighted by Gasteiger charge is 2.38. The third-order valence-electron chi connectivity index (χ3n) is 3.13. The fraction of sp³-hybridized carbons (Fsp3) is 0.357. The molecule has 1 fully saturated rings. The van der Waals surface area contributed by atoms with Crippen LogP contribution < -0.4 is 10.6 Å². The molecule has 0 spiro atoms. The van der Waals surface area contributed by atoms with Crippen molar-refractivity contribution < 1.29 is 14.4 Å². The standard InChI is InChI=1S/C14H16BrN3O3S/c1-22-6-5-11-13(20)18(14(21)17-11)8-12(19)16-10-4-2-3-9(15)7-10/h2-4,7,11H,5-6,8H2,1H3,(H,16,19)(H,17,21)/t11-/m1/s1. The van der Waals surface area contributed by atoms with Crippen LogP contribution in [-0.2, 0) is 9.59 Å². The van der Waals surface area contributed by atoms with Gasteiger partial charge in [0.25, 0.3) is 5.91 Å². The van der Waals surface area contributed by atoms with Gasteiger partial charge in [-0.25, -0.2) is 4.79 Å². The van der Waals surface area contributed by atoms with Crippen LogP contribution in [0, 0.1) is 0 Å². The molecule has 8 heteroatoms. The van der Waals surface area contributed by atoms with Gasteiger partial charge in [0, 0.05) is 10.2 Å². The van der Waals surface area contributed by atoms with E-state index in [0.717, 1.165) is 15.1 Å². The number of hydrogen-bond donors (Lipinski definition) is 2. The Morgan fingerprint density at radius 3 is 2.91 bits per heavy atom. The number of rotatable bonds is 6. The third-order valence-corrected chi connectivity index (χ3v) is 4.26. The van der Waals surface area contributed by atoms with Gasteiger partial charge in [-0.1, -0.05) is 22.0 Å². The molecule has 1 saturated heterocycles. The molecule has 1 aliphatic heterocycles. The van der Waals surface area contributed by atoms with E-state index < -0.39 is 18.0 Å². The predicted molar refractivity (Wildman–Crippen MR) is 89.8 cm³/mol. The van der Waals surface area contributed by atoms with Gasteiger partial charge >= 0.3 is 6.03 Å². The second-order valence-electron chi connectivity index (χ2n) is 4.77. The Bertz CT molecular complexity index is 596. The monoisotopic (exact) mass is 385 g/mol. The SMILES string of the molecule is CSCC[C@H]1NC(=O)N(CC(=O)Nc2cccc(Br)c2)C1=O. The quantitative estimate of drug-likeness (QED) is 0.734. The minimum atomic E-state index is -0.529. The van der Waals surface area contributed by atoms with Gasteiger partial charge in [-0.15, -0.1) is 0 Å². The number of amides is 4. The van der Waals surface area contributed by atoms with Crippen LogP contribution in [0.2, 0.25) is 0 Å². The molecule has 1 aliphatic rings. The highest BCUT2D eigenvalue weighted by molar-refractivity contribution is 9.10. The van der Waals surface area contributed by atoms with Crippen molar-refractivity contribution in [3.05, 3.63) is 28.7 Å². The van der Waals surface area contributed by atoms with Gasteiger partial charge in [0.2, 0.25) is 5.91 Å². The molecule has 0 radical (unpaired) electrons. The van der Waals surface area contributed by atoms with E-state index in [2.05, 4.69) is 26.6 Å². The molecule has 22 heavy (non-hydrogen) atoms. The van der Waals surface area contributed by atoms with E-state index in [9.17, 15) is 14.4 Å². The molecule has 1 aromatic carbocycles. The number of carbonyl (C=O) groups excluding carboxylic acids is 3. The van der Waals surface area contributed by atoms with E-state index in [-0.39, 0.29) is 12.5 Å². The molecule has 6 nitrogen and oxygen atoms in total. The van der Waals surface area contributed by atoms with Crippen LogP contribution in [0.25, 0.3) is 0 Å². The number of thioether (sulfide) groups is 1. The minimum absolute atomic E-state index is 0.285. The average Bonchev–Trinajstić information content (AvgIpc) is 2.72. The van der Waals surface area contributed by atoms with E-state index in [1.165, 1.54) is 0 Å². The Balaban J connectivity index is 1.93. The predicted octanol–water partition coefficient (Wildman–Crippen LogP) is 2.06. The summed E-state index contributed by atoms with van der Waals surface area (Å²) >= 11 is 4.91. The first-order valence-electron chi connectivity index (χ1n) is 6.67. The number of hydrogen-bond acceptors (Lipinski definition) is 4. The van der Waals surface area contributed by atoms with E-state index in [1.54, 1.807) is 30.0 Å². The average molecular weight is 386 g/mol. The van der Waals surface area contributed by atoms with Crippen LogP contribution in [0.15, 0.2) is 28.7 Å². The molecule has 118 valence electrons. The van der Waals surface area contributed by atoms with Gasteiger partial charge in [-0.05, 0) is 36.6 Å². The van der Waals surface area contributed by atoms with E-state index in [4.69, 9.17) is 0 Å². The lowest BCUT2D eigenvalue weighted by Gasteiger charge is -2.13. The molecule has 1 heterocycles. The zero-order chi connectivity index (χ0) is 16.1. The summed E-state index contributed by atoms with van der Waals surface area (Å²) < 4.78 is 0.831. The highest BCUT2D eigenvalue weighted by Crippen LogP contribution is 2.16. The number of benzene rings is 1. The highest BCUT2D eigenvalue weighted by atomic mass is 79.9. The summed E-state index contributed by atoms with van der Waals surface area (Å²) in [6.07, 6.45) is 2.50. The van der Waals surface area contributed by atoms with Crippen molar-refractivity contribution in [3.8, 4) is 0 Å². The number of nitrogens with one attached hydrogen (secondary N) is 2. The zero-order valence-electron chi connectivity index (χ0n) is 12.0. The van der Waals surface area contributed by atoms with Crippen molar-refractivity contribution in [1.82, 2.24) is 10.2 Å². The summed E-state index contributed by atoms with van der Waals surface area (Å²) in [6.45, 7) is -0.285. The van der Waals surface area contributed by atoms with E-state index in [0.29, 0.717) is 12.1 Å². The summed E-state index contributed by atoms with van der Waals surface area (Å²) in [7, 11) is 0. The van der Waals surface area contributed by atoms with Crippen molar-refractivity contribution in [3.63, 3.8) is 0 Å². The van der Waals surface area contributed by atoms with Gasteiger partial charge in [0.05, 0.1) is 0 Å². The first-order valence-corrected chi connectivity index (χ1v) is 8.86. The first-order chi connectivity index (χ1) is 10.5. The normalized spacial score (nSPS) is 17.5. The summed E-state index contributed by atoms with van der Waals surface area (Å²) in [5.74, 6) is 0.0185. The maximum Gasteiger partial charge on any atom is 0.325 e. The largest absolute Gasteiger partial charge is 0.326 e. The second-order valence-corrected chi connectivity index (χ2v) is 6.67. The first kappa shape index (κ1) is 16.8. The fourth-order valence-corrected chi connectivity index (χ4v) is 2.94. The lowest BCUT2D eigenvalue weighted by atomic mass is 10.2. The Morgan fingerprint density at radius 2 is 2.23 bits per heavy atom. The van der Waals surface area contributed by atoms with Crippen molar-refractivity contribution in [2.75, 3.05) is 23.9 Å². The van der Waals surface area contributed by atoms with Crippen molar-refractivity contribution in [2.24, 2.45) is 0 Å². The van der Waals surface area contributed by atoms with Crippen LogP contribution in [-0.4, -0.2) is 47.3 Å². The summed E-state index contributed by atoms with van der Waals surface area (Å²) in [5, 5.41) is 5.27. The van der Waals surface area contributed by atoms with Crippen LogP contribution >= 0.6 is 27.7 Å². The minimum Gasteiger partial charge on any atom is -0.326 e. The molecule has 0 aromatic heterocycles. The molecule has 1 aromatic rings. The molecule has 0 bridgehead atoms. The van der Waals surface area contributed by atoms with Gasteiger partial charge in [-0.2, -0.15) is 11.8 Å². The van der Waals surface area contributed by atoms with Crippen LogP contribution in [0.3, 0.4) is 0 Å². The maximum atomic E-state index is 12.1. The van der Waals surface area contributed by atoms with Gasteiger partial charge in [0.15, 0.2) is 0 Å². The second kappa shape index (κ2) is 7.64. The molecular formula is C14H16BrN3O3S. The van der Waals surface area contributed by atoms with E-state index >= 15 is 0 Å². The fourth-order valence-electron chi connectivity index (χ4n) is 2.07. The van der Waals surface area contributed by atoms with Crippen LogP contribution in [0.1, 0.15) is 6.42 Å². The van der Waals surface area contributed by atoms with Gasteiger partial charge in [0.1, 0.15) is 12.6 Å². The molecule has 2 rings (SSSR count). The van der Waals surface area contributed by atoms with Crippen LogP contribution in [0.5, 0.6) is 0 Å². The number of halogens is 1. The zero-order valence-corrected chi connectivity index (χ0v) is 14.4.